The number of rotatable bonds is 6. The molecule has 0 spiro atoms. The van der Waals surface area contributed by atoms with Crippen LogP contribution < -0.4 is 5.32 Å². The number of hydrogen-bond donors (Lipinski definition) is 1. The number of likely N-dealkylation sites (N-methyl/N-ethyl adjacent to an activating group) is 1. The molecule has 0 fully saturated rings. The van der Waals surface area contributed by atoms with E-state index in [0.29, 0.717) is 6.54 Å². The number of carbonyl (C=O) groups is 1. The minimum Gasteiger partial charge on any atom is -0.468 e. The monoisotopic (exact) mass is 224 g/mol. The minimum absolute atomic E-state index is 0.104. The average molecular weight is 224 g/mol. The van der Waals surface area contributed by atoms with Gasteiger partial charge >= 0.3 is 0 Å². The number of hydrogen-bond acceptors (Lipinski definition) is 3. The molecule has 0 saturated heterocycles. The molecule has 0 aromatic carbocycles. The quantitative estimate of drug-likeness (QED) is 0.801. The summed E-state index contributed by atoms with van der Waals surface area (Å²) in [4.78, 5) is 13.3. The van der Waals surface area contributed by atoms with E-state index in [1.807, 2.05) is 19.1 Å². The molecule has 1 amide bonds. The highest BCUT2D eigenvalue weighted by Gasteiger charge is 2.14. The van der Waals surface area contributed by atoms with E-state index in [1.54, 1.807) is 18.2 Å². The second-order valence-corrected chi connectivity index (χ2v) is 3.77. The molecule has 0 bridgehead atoms. The molecule has 1 rings (SSSR count). The van der Waals surface area contributed by atoms with Gasteiger partial charge in [-0.2, -0.15) is 0 Å². The second-order valence-electron chi connectivity index (χ2n) is 3.77. The van der Waals surface area contributed by atoms with E-state index in [-0.39, 0.29) is 11.9 Å². The molecule has 16 heavy (non-hydrogen) atoms. The van der Waals surface area contributed by atoms with Gasteiger partial charge in [0.25, 0.3) is 0 Å². The predicted molar refractivity (Wildman–Crippen MR) is 63.1 cm³/mol. The predicted octanol–water partition coefficient (Wildman–Crippen LogP) is 1.80. The Bertz CT molecular complexity index is 309. The summed E-state index contributed by atoms with van der Waals surface area (Å²) in [5, 5.41) is 3.20. The lowest BCUT2D eigenvalue weighted by molar-refractivity contribution is -0.128. The smallest absolute Gasteiger partial charge is 0.236 e. The van der Waals surface area contributed by atoms with Crippen LogP contribution in [0.5, 0.6) is 0 Å². The number of nitrogens with one attached hydrogen (secondary N) is 1. The Balaban J connectivity index is 2.44. The molecular weight excluding hydrogens is 204 g/mol. The van der Waals surface area contributed by atoms with Gasteiger partial charge in [-0.3, -0.25) is 10.1 Å². The van der Waals surface area contributed by atoms with Gasteiger partial charge in [0.1, 0.15) is 5.76 Å². The van der Waals surface area contributed by atoms with Crippen LogP contribution in [-0.2, 0) is 4.79 Å². The molecule has 1 unspecified atom stereocenters. The molecule has 90 valence electrons. The van der Waals surface area contributed by atoms with Gasteiger partial charge in [0, 0.05) is 13.6 Å². The summed E-state index contributed by atoms with van der Waals surface area (Å²) in [6, 6.07) is 3.90. The zero-order chi connectivity index (χ0) is 12.0. The van der Waals surface area contributed by atoms with Gasteiger partial charge in [-0.25, -0.2) is 0 Å². The van der Waals surface area contributed by atoms with Crippen molar-refractivity contribution < 1.29 is 9.21 Å². The van der Waals surface area contributed by atoms with E-state index in [1.165, 1.54) is 0 Å². The van der Waals surface area contributed by atoms with Crippen LogP contribution in [0.3, 0.4) is 0 Å². The van der Waals surface area contributed by atoms with Crippen LogP contribution in [0.2, 0.25) is 0 Å². The zero-order valence-corrected chi connectivity index (χ0v) is 10.2. The summed E-state index contributed by atoms with van der Waals surface area (Å²) in [5.74, 6) is 0.988. The van der Waals surface area contributed by atoms with E-state index < -0.39 is 0 Å². The van der Waals surface area contributed by atoms with Gasteiger partial charge in [0.2, 0.25) is 5.91 Å². The summed E-state index contributed by atoms with van der Waals surface area (Å²) in [7, 11) is 1.80. The lowest BCUT2D eigenvalue weighted by Crippen LogP contribution is -2.36. The molecule has 1 heterocycles. The Kier molecular flexibility index (Phi) is 5.05. The van der Waals surface area contributed by atoms with Crippen LogP contribution in [-0.4, -0.2) is 30.9 Å². The van der Waals surface area contributed by atoms with Crippen molar-refractivity contribution in [2.75, 3.05) is 20.1 Å². The Morgan fingerprint density at radius 1 is 1.56 bits per heavy atom. The van der Waals surface area contributed by atoms with Crippen LogP contribution >= 0.6 is 0 Å². The topological polar surface area (TPSA) is 45.5 Å². The van der Waals surface area contributed by atoms with Crippen molar-refractivity contribution in [2.45, 2.75) is 26.3 Å². The van der Waals surface area contributed by atoms with Crippen LogP contribution in [0.25, 0.3) is 0 Å². The number of nitrogens with zero attached hydrogens (tertiary/aromatic N) is 1. The minimum atomic E-state index is 0.104. The highest BCUT2D eigenvalue weighted by Crippen LogP contribution is 2.16. The van der Waals surface area contributed by atoms with E-state index in [4.69, 9.17) is 4.42 Å². The fraction of sp³-hybridized carbons (Fsp3) is 0.583. The molecule has 1 N–H and O–H groups in total. The van der Waals surface area contributed by atoms with Crippen LogP contribution in [0.15, 0.2) is 22.8 Å². The summed E-state index contributed by atoms with van der Waals surface area (Å²) in [6.07, 6.45) is 2.55. The first-order valence-electron chi connectivity index (χ1n) is 5.69. The lowest BCUT2D eigenvalue weighted by Gasteiger charge is -2.18. The van der Waals surface area contributed by atoms with Crippen molar-refractivity contribution in [3.8, 4) is 0 Å². The largest absolute Gasteiger partial charge is 0.468 e. The Labute approximate surface area is 96.6 Å². The molecule has 1 aromatic rings. The van der Waals surface area contributed by atoms with E-state index in [0.717, 1.165) is 18.7 Å². The fourth-order valence-electron chi connectivity index (χ4n) is 1.46. The molecule has 0 radical (unpaired) electrons. The molecule has 4 heteroatoms. The molecule has 0 aliphatic rings. The third kappa shape index (κ3) is 3.38. The molecule has 4 nitrogen and oxygen atoms in total. The van der Waals surface area contributed by atoms with Gasteiger partial charge in [-0.1, -0.05) is 6.92 Å². The molecule has 1 atom stereocenters. The number of furan rings is 1. The Morgan fingerprint density at radius 2 is 2.31 bits per heavy atom. The van der Waals surface area contributed by atoms with Crippen LogP contribution in [0, 0.1) is 0 Å². The first-order chi connectivity index (χ1) is 7.69. The van der Waals surface area contributed by atoms with Gasteiger partial charge in [-0.15, -0.1) is 0 Å². The first kappa shape index (κ1) is 12.8. The van der Waals surface area contributed by atoms with Crippen molar-refractivity contribution in [1.82, 2.24) is 10.2 Å². The maximum atomic E-state index is 11.6. The standard InChI is InChI=1S/C12H20N2O2/c1-4-10(11-7-6-8-16-11)13-9-12(15)14(3)5-2/h6-8,10,13H,4-5,9H2,1-3H3. The van der Waals surface area contributed by atoms with Crippen LogP contribution in [0.1, 0.15) is 32.1 Å². The van der Waals surface area contributed by atoms with Crippen LogP contribution in [0.4, 0.5) is 0 Å². The Hall–Kier alpha value is -1.29. The molecule has 0 aliphatic heterocycles. The highest BCUT2D eigenvalue weighted by atomic mass is 16.3. The first-order valence-corrected chi connectivity index (χ1v) is 5.69. The molecular formula is C12H20N2O2. The van der Waals surface area contributed by atoms with Crippen molar-refractivity contribution in [2.24, 2.45) is 0 Å². The number of carbonyl (C=O) groups excluding carboxylic acids is 1. The summed E-state index contributed by atoms with van der Waals surface area (Å²) < 4.78 is 5.32. The van der Waals surface area contributed by atoms with E-state index in [9.17, 15) is 4.79 Å². The zero-order valence-electron chi connectivity index (χ0n) is 10.2. The molecule has 0 aliphatic carbocycles. The van der Waals surface area contributed by atoms with Gasteiger partial charge < -0.3 is 9.32 Å². The van der Waals surface area contributed by atoms with Crippen molar-refractivity contribution in [1.29, 1.82) is 0 Å². The Morgan fingerprint density at radius 3 is 2.81 bits per heavy atom. The van der Waals surface area contributed by atoms with Gasteiger partial charge in [0.15, 0.2) is 0 Å². The maximum absolute atomic E-state index is 11.6. The fourth-order valence-corrected chi connectivity index (χ4v) is 1.46. The third-order valence-electron chi connectivity index (χ3n) is 2.69. The SMILES string of the molecule is CCC(NCC(=O)N(C)CC)c1ccco1. The molecule has 0 saturated carbocycles. The number of amides is 1. The normalized spacial score (nSPS) is 12.4. The highest BCUT2D eigenvalue weighted by molar-refractivity contribution is 5.77. The maximum Gasteiger partial charge on any atom is 0.236 e. The third-order valence-corrected chi connectivity index (χ3v) is 2.69. The van der Waals surface area contributed by atoms with Crippen molar-refractivity contribution in [3.63, 3.8) is 0 Å². The van der Waals surface area contributed by atoms with Gasteiger partial charge in [-0.05, 0) is 25.5 Å². The van der Waals surface area contributed by atoms with Gasteiger partial charge in [0.05, 0.1) is 18.8 Å². The second kappa shape index (κ2) is 6.33. The summed E-state index contributed by atoms with van der Waals surface area (Å²) >= 11 is 0. The summed E-state index contributed by atoms with van der Waals surface area (Å²) in [5.41, 5.74) is 0. The van der Waals surface area contributed by atoms with Crippen molar-refractivity contribution in [3.05, 3.63) is 24.2 Å². The lowest BCUT2D eigenvalue weighted by atomic mass is 10.2. The molecule has 1 aromatic heterocycles. The summed E-state index contributed by atoms with van der Waals surface area (Å²) in [6.45, 7) is 5.11. The average Bonchev–Trinajstić information content (AvgIpc) is 2.82. The van der Waals surface area contributed by atoms with E-state index >= 15 is 0 Å². The van der Waals surface area contributed by atoms with Crippen molar-refractivity contribution >= 4 is 5.91 Å². The van der Waals surface area contributed by atoms with E-state index in [2.05, 4.69) is 12.2 Å².